The van der Waals surface area contributed by atoms with Crippen molar-refractivity contribution in [2.24, 2.45) is 0 Å². The van der Waals surface area contributed by atoms with E-state index in [0.717, 1.165) is 17.8 Å². The van der Waals surface area contributed by atoms with E-state index >= 15 is 0 Å². The van der Waals surface area contributed by atoms with Gasteiger partial charge in [-0.25, -0.2) is 4.79 Å². The molecule has 1 aromatic rings. The third kappa shape index (κ3) is 4.17. The molecule has 0 bridgehead atoms. The van der Waals surface area contributed by atoms with Crippen molar-refractivity contribution >= 4 is 17.6 Å². The van der Waals surface area contributed by atoms with Gasteiger partial charge in [0.05, 0.1) is 19.3 Å². The summed E-state index contributed by atoms with van der Waals surface area (Å²) in [5.74, 6) is 0.0531. The van der Waals surface area contributed by atoms with Crippen LogP contribution in [0.2, 0.25) is 0 Å². The molecule has 3 amide bonds. The van der Waals surface area contributed by atoms with Crippen LogP contribution in [0.25, 0.3) is 0 Å². The van der Waals surface area contributed by atoms with Crippen molar-refractivity contribution in [1.29, 1.82) is 0 Å². The lowest BCUT2D eigenvalue weighted by Crippen LogP contribution is -2.48. The van der Waals surface area contributed by atoms with Crippen molar-refractivity contribution in [2.75, 3.05) is 44.2 Å². The Hall–Kier alpha value is -2.28. The summed E-state index contributed by atoms with van der Waals surface area (Å²) in [5, 5.41) is 5.77. The summed E-state index contributed by atoms with van der Waals surface area (Å²) in [7, 11) is 0. The first-order valence-corrected chi connectivity index (χ1v) is 8.37. The van der Waals surface area contributed by atoms with Crippen molar-refractivity contribution in [3.63, 3.8) is 0 Å². The van der Waals surface area contributed by atoms with E-state index in [9.17, 15) is 9.59 Å². The molecule has 1 aromatic carbocycles. The molecule has 0 radical (unpaired) electrons. The van der Waals surface area contributed by atoms with E-state index in [1.165, 1.54) is 0 Å². The van der Waals surface area contributed by atoms with Crippen LogP contribution in [-0.4, -0.2) is 62.3 Å². The number of ether oxygens (including phenoxy) is 1. The van der Waals surface area contributed by atoms with Crippen LogP contribution in [0.3, 0.4) is 0 Å². The minimum atomic E-state index is -0.0538. The summed E-state index contributed by atoms with van der Waals surface area (Å²) in [6.45, 7) is 6.20. The first-order valence-electron chi connectivity index (χ1n) is 8.37. The van der Waals surface area contributed by atoms with Gasteiger partial charge in [0.15, 0.2) is 0 Å². The molecular weight excluding hydrogens is 308 g/mol. The second-order valence-corrected chi connectivity index (χ2v) is 6.22. The fourth-order valence-corrected chi connectivity index (χ4v) is 2.98. The SMILES string of the molecule is C[C@H]1CN(C(=O)NCc2ccc(N3CCNC(=O)C3)cc2)CCO1. The Kier molecular flexibility index (Phi) is 5.20. The maximum Gasteiger partial charge on any atom is 0.317 e. The number of morpholine rings is 1. The number of nitrogens with one attached hydrogen (secondary N) is 2. The molecule has 0 aliphatic carbocycles. The molecule has 7 heteroatoms. The molecule has 130 valence electrons. The first kappa shape index (κ1) is 16.6. The van der Waals surface area contributed by atoms with Gasteiger partial charge in [-0.1, -0.05) is 12.1 Å². The number of anilines is 1. The molecule has 0 spiro atoms. The average Bonchev–Trinajstić information content (AvgIpc) is 2.60. The lowest BCUT2D eigenvalue weighted by atomic mass is 10.2. The Morgan fingerprint density at radius 3 is 2.83 bits per heavy atom. The zero-order chi connectivity index (χ0) is 16.9. The van der Waals surface area contributed by atoms with E-state index in [2.05, 4.69) is 15.5 Å². The van der Waals surface area contributed by atoms with Gasteiger partial charge in [-0.3, -0.25) is 4.79 Å². The molecule has 2 fully saturated rings. The molecule has 3 rings (SSSR count). The minimum absolute atomic E-state index is 0.0531. The molecule has 2 heterocycles. The maximum absolute atomic E-state index is 12.2. The fourth-order valence-electron chi connectivity index (χ4n) is 2.98. The number of urea groups is 1. The van der Waals surface area contributed by atoms with Gasteiger partial charge >= 0.3 is 6.03 Å². The van der Waals surface area contributed by atoms with Gasteiger partial charge < -0.3 is 25.2 Å². The fraction of sp³-hybridized carbons (Fsp3) is 0.529. The standard InChI is InChI=1S/C17H24N4O3/c1-13-11-21(8-9-24-13)17(23)19-10-14-2-4-15(5-3-14)20-7-6-18-16(22)12-20/h2-5,13H,6-12H2,1H3,(H,18,22)(H,19,23)/t13-/m0/s1. The van der Waals surface area contributed by atoms with Crippen LogP contribution in [0.1, 0.15) is 12.5 Å². The zero-order valence-corrected chi connectivity index (χ0v) is 14.0. The van der Waals surface area contributed by atoms with Crippen LogP contribution >= 0.6 is 0 Å². The summed E-state index contributed by atoms with van der Waals surface area (Å²) in [6.07, 6.45) is 0.0885. The predicted octanol–water partition coefficient (Wildman–Crippen LogP) is 0.553. The number of amides is 3. The van der Waals surface area contributed by atoms with E-state index in [-0.39, 0.29) is 18.0 Å². The summed E-state index contributed by atoms with van der Waals surface area (Å²) in [5.41, 5.74) is 2.07. The second kappa shape index (κ2) is 7.53. The smallest absolute Gasteiger partial charge is 0.317 e. The number of carbonyl (C=O) groups is 2. The molecule has 2 N–H and O–H groups in total. The van der Waals surface area contributed by atoms with Crippen molar-refractivity contribution < 1.29 is 14.3 Å². The van der Waals surface area contributed by atoms with Crippen molar-refractivity contribution in [3.8, 4) is 0 Å². The van der Waals surface area contributed by atoms with E-state index in [1.807, 2.05) is 31.2 Å². The van der Waals surface area contributed by atoms with Crippen LogP contribution in [0.15, 0.2) is 24.3 Å². The Morgan fingerprint density at radius 1 is 1.33 bits per heavy atom. The largest absolute Gasteiger partial charge is 0.375 e. The number of piperazine rings is 1. The second-order valence-electron chi connectivity index (χ2n) is 6.22. The summed E-state index contributed by atoms with van der Waals surface area (Å²) in [4.78, 5) is 27.5. The lowest BCUT2D eigenvalue weighted by molar-refractivity contribution is -0.120. The molecule has 24 heavy (non-hydrogen) atoms. The molecule has 0 aromatic heterocycles. The normalized spacial score (nSPS) is 21.4. The van der Waals surface area contributed by atoms with Crippen molar-refractivity contribution in [1.82, 2.24) is 15.5 Å². The Labute approximate surface area is 141 Å². The highest BCUT2D eigenvalue weighted by atomic mass is 16.5. The average molecular weight is 332 g/mol. The number of benzene rings is 1. The third-order valence-corrected chi connectivity index (χ3v) is 4.31. The van der Waals surface area contributed by atoms with Gasteiger partial charge in [-0.05, 0) is 24.6 Å². The van der Waals surface area contributed by atoms with E-state index in [4.69, 9.17) is 4.74 Å². The lowest BCUT2D eigenvalue weighted by Gasteiger charge is -2.31. The summed E-state index contributed by atoms with van der Waals surface area (Å²) < 4.78 is 5.44. The van der Waals surface area contributed by atoms with Gasteiger partial charge in [-0.15, -0.1) is 0 Å². The van der Waals surface area contributed by atoms with Gasteiger partial charge in [0.25, 0.3) is 0 Å². The Balaban J connectivity index is 1.50. The van der Waals surface area contributed by atoms with Gasteiger partial charge in [0.2, 0.25) is 5.91 Å². The number of rotatable bonds is 3. The maximum atomic E-state index is 12.2. The van der Waals surface area contributed by atoms with Crippen LogP contribution in [-0.2, 0) is 16.1 Å². The predicted molar refractivity (Wildman–Crippen MR) is 90.9 cm³/mol. The Bertz CT molecular complexity index is 590. The minimum Gasteiger partial charge on any atom is -0.375 e. The van der Waals surface area contributed by atoms with Gasteiger partial charge in [0, 0.05) is 38.4 Å². The molecule has 7 nitrogen and oxygen atoms in total. The summed E-state index contributed by atoms with van der Waals surface area (Å²) >= 11 is 0. The first-order chi connectivity index (χ1) is 11.6. The summed E-state index contributed by atoms with van der Waals surface area (Å²) in [6, 6.07) is 7.92. The molecular formula is C17H24N4O3. The van der Waals surface area contributed by atoms with Crippen LogP contribution in [0.5, 0.6) is 0 Å². The van der Waals surface area contributed by atoms with E-state index < -0.39 is 0 Å². The van der Waals surface area contributed by atoms with Gasteiger partial charge in [0.1, 0.15) is 0 Å². The van der Waals surface area contributed by atoms with Crippen LogP contribution in [0.4, 0.5) is 10.5 Å². The quantitative estimate of drug-likeness (QED) is 0.848. The van der Waals surface area contributed by atoms with Crippen molar-refractivity contribution in [2.45, 2.75) is 19.6 Å². The molecule has 2 aliphatic rings. The number of nitrogens with zero attached hydrogens (tertiary/aromatic N) is 2. The van der Waals surface area contributed by atoms with E-state index in [1.54, 1.807) is 4.90 Å². The molecule has 0 unspecified atom stereocenters. The van der Waals surface area contributed by atoms with Crippen molar-refractivity contribution in [3.05, 3.63) is 29.8 Å². The highest BCUT2D eigenvalue weighted by Crippen LogP contribution is 2.16. The number of hydrogen-bond donors (Lipinski definition) is 2. The molecule has 2 saturated heterocycles. The molecule has 0 saturated carbocycles. The zero-order valence-electron chi connectivity index (χ0n) is 14.0. The number of carbonyl (C=O) groups excluding carboxylic acids is 2. The molecule has 2 aliphatic heterocycles. The Morgan fingerprint density at radius 2 is 2.12 bits per heavy atom. The van der Waals surface area contributed by atoms with Crippen LogP contribution < -0.4 is 15.5 Å². The monoisotopic (exact) mass is 332 g/mol. The highest BCUT2D eigenvalue weighted by Gasteiger charge is 2.21. The van der Waals surface area contributed by atoms with Crippen LogP contribution in [0, 0.1) is 0 Å². The highest BCUT2D eigenvalue weighted by molar-refractivity contribution is 5.82. The molecule has 1 atom stereocenters. The van der Waals surface area contributed by atoms with E-state index in [0.29, 0.717) is 39.3 Å². The third-order valence-electron chi connectivity index (χ3n) is 4.31. The topological polar surface area (TPSA) is 73.9 Å². The van der Waals surface area contributed by atoms with Gasteiger partial charge in [-0.2, -0.15) is 0 Å². The number of hydrogen-bond acceptors (Lipinski definition) is 4.